The van der Waals surface area contributed by atoms with Gasteiger partial charge in [0.25, 0.3) is 5.95 Å². The average molecular weight is 275 g/mol. The van der Waals surface area contributed by atoms with Crippen molar-refractivity contribution in [3.63, 3.8) is 0 Å². The van der Waals surface area contributed by atoms with E-state index in [0.717, 1.165) is 6.42 Å². The number of rotatable bonds is 5. The highest BCUT2D eigenvalue weighted by Crippen LogP contribution is 2.22. The molecule has 108 valence electrons. The quantitative estimate of drug-likeness (QED) is 0.896. The standard InChI is InChI=1S/C13H21N7/c1-6-13(2,3)19(5)11-16-10(14-4)17-12(18-11)20-9-7-8-15-20/h7-9H,6H2,1-5H3,(H,14,16,17,18). The lowest BCUT2D eigenvalue weighted by Gasteiger charge is -2.34. The second kappa shape index (κ2) is 5.44. The summed E-state index contributed by atoms with van der Waals surface area (Å²) < 4.78 is 1.62. The summed E-state index contributed by atoms with van der Waals surface area (Å²) in [5, 5.41) is 7.13. The summed E-state index contributed by atoms with van der Waals surface area (Å²) in [6, 6.07) is 1.84. The maximum Gasteiger partial charge on any atom is 0.257 e. The summed E-state index contributed by atoms with van der Waals surface area (Å²) in [4.78, 5) is 15.3. The van der Waals surface area contributed by atoms with Crippen LogP contribution in [0.3, 0.4) is 0 Å². The molecule has 0 amide bonds. The van der Waals surface area contributed by atoms with Gasteiger partial charge in [-0.3, -0.25) is 0 Å². The Hall–Kier alpha value is -2.18. The third kappa shape index (κ3) is 2.71. The summed E-state index contributed by atoms with van der Waals surface area (Å²) in [5.41, 5.74) is -0.0340. The molecule has 0 aliphatic rings. The Kier molecular flexibility index (Phi) is 3.87. The lowest BCUT2D eigenvalue weighted by Crippen LogP contribution is -2.41. The van der Waals surface area contributed by atoms with Crippen molar-refractivity contribution in [2.75, 3.05) is 24.3 Å². The van der Waals surface area contributed by atoms with Crippen LogP contribution in [0.1, 0.15) is 27.2 Å². The molecule has 0 atom stereocenters. The monoisotopic (exact) mass is 275 g/mol. The molecule has 20 heavy (non-hydrogen) atoms. The summed E-state index contributed by atoms with van der Waals surface area (Å²) in [7, 11) is 3.78. The van der Waals surface area contributed by atoms with Crippen molar-refractivity contribution in [1.29, 1.82) is 0 Å². The Bertz CT molecular complexity index is 562. The Morgan fingerprint density at radius 1 is 1.30 bits per heavy atom. The van der Waals surface area contributed by atoms with E-state index >= 15 is 0 Å². The summed E-state index contributed by atoms with van der Waals surface area (Å²) in [6.45, 7) is 6.46. The second-order valence-corrected chi connectivity index (χ2v) is 5.18. The minimum atomic E-state index is -0.0340. The number of hydrogen-bond acceptors (Lipinski definition) is 6. The van der Waals surface area contributed by atoms with Crippen LogP contribution in [0.2, 0.25) is 0 Å². The lowest BCUT2D eigenvalue weighted by atomic mass is 10.0. The lowest BCUT2D eigenvalue weighted by molar-refractivity contribution is 0.462. The Morgan fingerprint density at radius 2 is 2.05 bits per heavy atom. The highest BCUT2D eigenvalue weighted by atomic mass is 15.4. The van der Waals surface area contributed by atoms with Crippen molar-refractivity contribution < 1.29 is 0 Å². The van der Waals surface area contributed by atoms with Gasteiger partial charge in [-0.2, -0.15) is 20.1 Å². The first-order valence-corrected chi connectivity index (χ1v) is 6.65. The van der Waals surface area contributed by atoms with Crippen LogP contribution in [0.25, 0.3) is 5.95 Å². The molecule has 7 nitrogen and oxygen atoms in total. The minimum absolute atomic E-state index is 0.0340. The number of nitrogens with one attached hydrogen (secondary N) is 1. The average Bonchev–Trinajstić information content (AvgIpc) is 3.00. The van der Waals surface area contributed by atoms with E-state index in [1.807, 2.05) is 19.3 Å². The Morgan fingerprint density at radius 3 is 2.60 bits per heavy atom. The van der Waals surface area contributed by atoms with E-state index in [1.165, 1.54) is 0 Å². The molecule has 2 heterocycles. The normalized spacial score (nSPS) is 11.4. The van der Waals surface area contributed by atoms with Crippen LogP contribution in [0.4, 0.5) is 11.9 Å². The van der Waals surface area contributed by atoms with Crippen LogP contribution >= 0.6 is 0 Å². The molecule has 0 bridgehead atoms. The van der Waals surface area contributed by atoms with Gasteiger partial charge in [0.2, 0.25) is 11.9 Å². The van der Waals surface area contributed by atoms with Gasteiger partial charge in [0, 0.05) is 32.0 Å². The Balaban J connectivity index is 2.46. The predicted octanol–water partition coefficient (Wildman–Crippen LogP) is 1.72. The molecule has 2 rings (SSSR count). The van der Waals surface area contributed by atoms with Crippen LogP contribution in [0.15, 0.2) is 18.5 Å². The Labute approximate surface area is 119 Å². The summed E-state index contributed by atoms with van der Waals surface area (Å²) in [6.07, 6.45) is 4.49. The van der Waals surface area contributed by atoms with Gasteiger partial charge >= 0.3 is 0 Å². The van der Waals surface area contributed by atoms with E-state index in [9.17, 15) is 0 Å². The fourth-order valence-electron chi connectivity index (χ4n) is 1.61. The van der Waals surface area contributed by atoms with Crippen LogP contribution in [0, 0.1) is 0 Å². The molecule has 0 spiro atoms. The van der Waals surface area contributed by atoms with Crippen molar-refractivity contribution >= 4 is 11.9 Å². The molecule has 0 aliphatic carbocycles. The highest BCUT2D eigenvalue weighted by Gasteiger charge is 2.24. The first-order valence-electron chi connectivity index (χ1n) is 6.65. The predicted molar refractivity (Wildman–Crippen MR) is 79.3 cm³/mol. The van der Waals surface area contributed by atoms with E-state index in [2.05, 4.69) is 51.0 Å². The smallest absolute Gasteiger partial charge is 0.257 e. The molecule has 0 saturated carbocycles. The van der Waals surface area contributed by atoms with Gasteiger partial charge in [0.15, 0.2) is 0 Å². The summed E-state index contributed by atoms with van der Waals surface area (Å²) in [5.74, 6) is 1.66. The van der Waals surface area contributed by atoms with Crippen molar-refractivity contribution in [3.8, 4) is 5.95 Å². The molecule has 2 aromatic rings. The van der Waals surface area contributed by atoms with Gasteiger partial charge in [-0.15, -0.1) is 0 Å². The van der Waals surface area contributed by atoms with Gasteiger partial charge in [-0.1, -0.05) is 6.92 Å². The maximum atomic E-state index is 4.50. The zero-order valence-corrected chi connectivity index (χ0v) is 12.6. The molecule has 0 saturated heterocycles. The SMILES string of the molecule is CCC(C)(C)N(C)c1nc(NC)nc(-n2cccn2)n1. The van der Waals surface area contributed by atoms with Crippen LogP contribution in [0.5, 0.6) is 0 Å². The first kappa shape index (κ1) is 14.2. The number of anilines is 2. The number of aromatic nitrogens is 5. The van der Waals surface area contributed by atoms with Crippen molar-refractivity contribution in [3.05, 3.63) is 18.5 Å². The molecule has 2 aromatic heterocycles. The fourth-order valence-corrected chi connectivity index (χ4v) is 1.61. The molecule has 0 unspecified atom stereocenters. The van der Waals surface area contributed by atoms with Crippen molar-refractivity contribution in [2.24, 2.45) is 0 Å². The van der Waals surface area contributed by atoms with Gasteiger partial charge in [0.05, 0.1) is 0 Å². The molecular formula is C13H21N7. The third-order valence-electron chi connectivity index (χ3n) is 3.62. The minimum Gasteiger partial charge on any atom is -0.357 e. The van der Waals surface area contributed by atoms with Crippen LogP contribution in [-0.2, 0) is 0 Å². The van der Waals surface area contributed by atoms with Gasteiger partial charge < -0.3 is 10.2 Å². The van der Waals surface area contributed by atoms with E-state index in [0.29, 0.717) is 17.8 Å². The van der Waals surface area contributed by atoms with Crippen molar-refractivity contribution in [2.45, 2.75) is 32.7 Å². The zero-order valence-electron chi connectivity index (χ0n) is 12.6. The molecular weight excluding hydrogens is 254 g/mol. The van der Waals surface area contributed by atoms with Crippen LogP contribution < -0.4 is 10.2 Å². The van der Waals surface area contributed by atoms with Gasteiger partial charge in [-0.05, 0) is 26.3 Å². The maximum absolute atomic E-state index is 4.50. The third-order valence-corrected chi connectivity index (χ3v) is 3.62. The first-order chi connectivity index (χ1) is 9.47. The second-order valence-electron chi connectivity index (χ2n) is 5.18. The molecule has 0 fully saturated rings. The van der Waals surface area contributed by atoms with Crippen LogP contribution in [-0.4, -0.2) is 44.4 Å². The molecule has 0 aliphatic heterocycles. The molecule has 1 N–H and O–H groups in total. The van der Waals surface area contributed by atoms with Gasteiger partial charge in [-0.25, -0.2) is 4.68 Å². The van der Waals surface area contributed by atoms with E-state index in [-0.39, 0.29) is 5.54 Å². The topological polar surface area (TPSA) is 71.8 Å². The van der Waals surface area contributed by atoms with E-state index < -0.39 is 0 Å². The summed E-state index contributed by atoms with van der Waals surface area (Å²) >= 11 is 0. The fraction of sp³-hybridized carbons (Fsp3) is 0.538. The van der Waals surface area contributed by atoms with Gasteiger partial charge in [0.1, 0.15) is 0 Å². The number of hydrogen-bond donors (Lipinski definition) is 1. The molecule has 7 heteroatoms. The molecule has 0 radical (unpaired) electrons. The van der Waals surface area contributed by atoms with E-state index in [1.54, 1.807) is 17.9 Å². The number of nitrogens with zero attached hydrogens (tertiary/aromatic N) is 6. The van der Waals surface area contributed by atoms with E-state index in [4.69, 9.17) is 0 Å². The zero-order chi connectivity index (χ0) is 14.8. The van der Waals surface area contributed by atoms with Crippen molar-refractivity contribution in [1.82, 2.24) is 24.7 Å². The highest BCUT2D eigenvalue weighted by molar-refractivity contribution is 5.41. The molecule has 0 aromatic carbocycles. The largest absolute Gasteiger partial charge is 0.357 e.